The molecule has 71 valence electrons. The summed E-state index contributed by atoms with van der Waals surface area (Å²) < 4.78 is 10.4. The highest BCUT2D eigenvalue weighted by molar-refractivity contribution is 5.19. The van der Waals surface area contributed by atoms with Gasteiger partial charge >= 0.3 is 0 Å². The van der Waals surface area contributed by atoms with Gasteiger partial charge in [0.25, 0.3) is 0 Å². The lowest BCUT2D eigenvalue weighted by molar-refractivity contribution is 0.184. The molecular weight excluding hydrogens is 164 g/mol. The Balaban J connectivity index is 2.07. The molecule has 1 radical (unpaired) electrons. The van der Waals surface area contributed by atoms with E-state index >= 15 is 0 Å². The van der Waals surface area contributed by atoms with Crippen LogP contribution >= 0.6 is 0 Å². The van der Waals surface area contributed by atoms with Gasteiger partial charge < -0.3 is 9.47 Å². The molecule has 2 heteroatoms. The van der Waals surface area contributed by atoms with Crippen molar-refractivity contribution < 1.29 is 9.47 Å². The molecule has 1 aromatic rings. The molecular formula is C11H15O2. The molecule has 0 heterocycles. The number of hydrogen-bond acceptors (Lipinski definition) is 2. The van der Waals surface area contributed by atoms with Crippen molar-refractivity contribution >= 4 is 0 Å². The maximum absolute atomic E-state index is 5.47. The highest BCUT2D eigenvalue weighted by atomic mass is 16.5. The average molecular weight is 179 g/mol. The third-order valence-corrected chi connectivity index (χ3v) is 1.69. The number of ether oxygens (including phenoxy) is 2. The van der Waals surface area contributed by atoms with E-state index < -0.39 is 0 Å². The Bertz CT molecular complexity index is 209. The Morgan fingerprint density at radius 3 is 2.85 bits per heavy atom. The van der Waals surface area contributed by atoms with E-state index in [-0.39, 0.29) is 0 Å². The van der Waals surface area contributed by atoms with Crippen LogP contribution in [0.1, 0.15) is 12.8 Å². The number of hydrogen-bond donors (Lipinski definition) is 0. The maximum atomic E-state index is 5.47. The minimum absolute atomic E-state index is 0.751. The van der Waals surface area contributed by atoms with Crippen molar-refractivity contribution in [3.05, 3.63) is 30.3 Å². The summed E-state index contributed by atoms with van der Waals surface area (Å²) in [6.45, 7) is 1.56. The number of methoxy groups -OCH3 is 1. The summed E-state index contributed by atoms with van der Waals surface area (Å²) in [5, 5.41) is 0. The number of benzene rings is 1. The van der Waals surface area contributed by atoms with E-state index in [1.54, 1.807) is 7.11 Å². The van der Waals surface area contributed by atoms with Crippen molar-refractivity contribution in [2.45, 2.75) is 12.8 Å². The molecule has 0 bridgehead atoms. The van der Waals surface area contributed by atoms with Crippen LogP contribution < -0.4 is 4.74 Å². The van der Waals surface area contributed by atoms with Crippen molar-refractivity contribution in [2.75, 3.05) is 20.3 Å². The topological polar surface area (TPSA) is 18.5 Å². The van der Waals surface area contributed by atoms with Crippen LogP contribution in [0.25, 0.3) is 0 Å². The van der Waals surface area contributed by atoms with Gasteiger partial charge in [-0.25, -0.2) is 0 Å². The molecule has 1 aromatic carbocycles. The third kappa shape index (κ3) is 4.53. The molecule has 2 nitrogen and oxygen atoms in total. The van der Waals surface area contributed by atoms with Crippen molar-refractivity contribution in [1.82, 2.24) is 0 Å². The normalized spacial score (nSPS) is 9.92. The van der Waals surface area contributed by atoms with E-state index in [1.165, 1.54) is 0 Å². The Morgan fingerprint density at radius 2 is 2.15 bits per heavy atom. The van der Waals surface area contributed by atoms with Crippen molar-refractivity contribution in [1.29, 1.82) is 0 Å². The number of unbranched alkanes of at least 4 members (excludes halogenated alkanes) is 1. The second kappa shape index (κ2) is 6.49. The molecule has 0 atom stereocenters. The summed E-state index contributed by atoms with van der Waals surface area (Å²) in [4.78, 5) is 0. The fraction of sp³-hybridized carbons (Fsp3) is 0.455. The lowest BCUT2D eigenvalue weighted by Crippen LogP contribution is -1.99. The van der Waals surface area contributed by atoms with Gasteiger partial charge in [-0.2, -0.15) is 0 Å². The van der Waals surface area contributed by atoms with Gasteiger partial charge in [0.15, 0.2) is 0 Å². The summed E-state index contributed by atoms with van der Waals surface area (Å²) in [6, 6.07) is 10.5. The average Bonchev–Trinajstić information content (AvgIpc) is 2.19. The van der Waals surface area contributed by atoms with Crippen molar-refractivity contribution in [3.63, 3.8) is 0 Å². The van der Waals surface area contributed by atoms with Gasteiger partial charge in [-0.15, -0.1) is 0 Å². The fourth-order valence-electron chi connectivity index (χ4n) is 1.01. The largest absolute Gasteiger partial charge is 0.494 e. The van der Waals surface area contributed by atoms with Crippen LogP contribution in [0.3, 0.4) is 0 Å². The minimum Gasteiger partial charge on any atom is -0.494 e. The first-order valence-corrected chi connectivity index (χ1v) is 4.51. The van der Waals surface area contributed by atoms with Gasteiger partial charge in [0.1, 0.15) is 5.75 Å². The summed E-state index contributed by atoms with van der Waals surface area (Å²) >= 11 is 0. The smallest absolute Gasteiger partial charge is 0.119 e. The lowest BCUT2D eigenvalue weighted by atomic mass is 10.3. The van der Waals surface area contributed by atoms with E-state index in [2.05, 4.69) is 6.07 Å². The van der Waals surface area contributed by atoms with Crippen LogP contribution in [0.2, 0.25) is 0 Å². The summed E-state index contributed by atoms with van der Waals surface area (Å²) in [5.41, 5.74) is 0. The molecule has 0 aliphatic heterocycles. The van der Waals surface area contributed by atoms with Crippen molar-refractivity contribution in [3.8, 4) is 5.75 Å². The highest BCUT2D eigenvalue weighted by Crippen LogP contribution is 2.08. The Morgan fingerprint density at radius 1 is 1.31 bits per heavy atom. The second-order valence-corrected chi connectivity index (χ2v) is 2.79. The molecule has 0 amide bonds. The molecule has 0 spiro atoms. The predicted octanol–water partition coefficient (Wildman–Crippen LogP) is 2.29. The standard InChI is InChI=1S/C11H15O2/c1-12-9-5-6-10-13-11-7-3-2-4-8-11/h2-3,7-8H,5-6,9-10H2,1H3. The van der Waals surface area contributed by atoms with Crippen LogP contribution in [-0.4, -0.2) is 20.3 Å². The van der Waals surface area contributed by atoms with E-state index in [9.17, 15) is 0 Å². The first-order valence-electron chi connectivity index (χ1n) is 4.51. The summed E-state index contributed by atoms with van der Waals surface area (Å²) in [7, 11) is 1.72. The molecule has 1 rings (SSSR count). The van der Waals surface area contributed by atoms with Gasteiger partial charge in [-0.3, -0.25) is 0 Å². The Labute approximate surface area is 79.5 Å². The van der Waals surface area contributed by atoms with Crippen LogP contribution in [-0.2, 0) is 4.74 Å². The molecule has 0 unspecified atom stereocenters. The Kier molecular flexibility index (Phi) is 5.02. The quantitative estimate of drug-likeness (QED) is 0.624. The van der Waals surface area contributed by atoms with E-state index in [0.717, 1.165) is 31.8 Å². The first kappa shape index (κ1) is 10.1. The van der Waals surface area contributed by atoms with Gasteiger partial charge in [0.05, 0.1) is 6.61 Å². The molecule has 0 aliphatic rings. The zero-order valence-electron chi connectivity index (χ0n) is 7.95. The van der Waals surface area contributed by atoms with Crippen LogP contribution in [0.5, 0.6) is 5.75 Å². The van der Waals surface area contributed by atoms with Gasteiger partial charge in [-0.05, 0) is 31.0 Å². The third-order valence-electron chi connectivity index (χ3n) is 1.69. The molecule has 13 heavy (non-hydrogen) atoms. The molecule has 0 aromatic heterocycles. The molecule has 0 saturated carbocycles. The zero-order valence-corrected chi connectivity index (χ0v) is 7.95. The van der Waals surface area contributed by atoms with E-state index in [1.807, 2.05) is 24.3 Å². The molecule has 0 fully saturated rings. The SMILES string of the molecule is COCCCCOc1c[c]ccc1. The fourth-order valence-corrected chi connectivity index (χ4v) is 1.01. The zero-order chi connectivity index (χ0) is 9.36. The molecule has 0 aliphatic carbocycles. The van der Waals surface area contributed by atoms with Gasteiger partial charge in [-0.1, -0.05) is 12.1 Å². The predicted molar refractivity (Wildman–Crippen MR) is 51.9 cm³/mol. The van der Waals surface area contributed by atoms with E-state index in [0.29, 0.717) is 0 Å². The number of rotatable bonds is 6. The monoisotopic (exact) mass is 179 g/mol. The van der Waals surface area contributed by atoms with Gasteiger partial charge in [0, 0.05) is 13.7 Å². The van der Waals surface area contributed by atoms with Crippen LogP contribution in [0.4, 0.5) is 0 Å². The maximum Gasteiger partial charge on any atom is 0.119 e. The first-order chi connectivity index (χ1) is 6.43. The second-order valence-electron chi connectivity index (χ2n) is 2.79. The van der Waals surface area contributed by atoms with Crippen molar-refractivity contribution in [2.24, 2.45) is 0 Å². The molecule has 0 saturated heterocycles. The van der Waals surface area contributed by atoms with Crippen LogP contribution in [0.15, 0.2) is 24.3 Å². The van der Waals surface area contributed by atoms with E-state index in [4.69, 9.17) is 9.47 Å². The van der Waals surface area contributed by atoms with Crippen LogP contribution in [0, 0.1) is 6.07 Å². The highest BCUT2D eigenvalue weighted by Gasteiger charge is 1.91. The minimum atomic E-state index is 0.751. The molecule has 0 N–H and O–H groups in total. The Hall–Kier alpha value is -1.02. The lowest BCUT2D eigenvalue weighted by Gasteiger charge is -2.04. The summed E-state index contributed by atoms with van der Waals surface area (Å²) in [6.07, 6.45) is 2.08. The summed E-state index contributed by atoms with van der Waals surface area (Å²) in [5.74, 6) is 0.889. The van der Waals surface area contributed by atoms with Gasteiger partial charge in [0.2, 0.25) is 0 Å².